The van der Waals surface area contributed by atoms with Gasteiger partial charge in [0.2, 0.25) is 0 Å². The van der Waals surface area contributed by atoms with E-state index in [9.17, 15) is 4.79 Å². The van der Waals surface area contributed by atoms with Crippen LogP contribution in [0.15, 0.2) is 36.0 Å². The molecule has 0 saturated carbocycles. The molecule has 18 heavy (non-hydrogen) atoms. The molecule has 90 valence electrons. The number of rotatable bonds is 2. The van der Waals surface area contributed by atoms with Crippen LogP contribution in [0.1, 0.15) is 10.4 Å². The molecule has 0 radical (unpaired) electrons. The van der Waals surface area contributed by atoms with Gasteiger partial charge in [-0.2, -0.15) is 0 Å². The highest BCUT2D eigenvalue weighted by Crippen LogP contribution is 2.28. The first-order chi connectivity index (χ1) is 8.63. The molecule has 3 aromatic rings. The highest BCUT2D eigenvalue weighted by molar-refractivity contribution is 7.14. The van der Waals surface area contributed by atoms with Crippen molar-refractivity contribution in [2.45, 2.75) is 0 Å². The maximum atomic E-state index is 10.9. The largest absolute Gasteiger partial charge is 0.478 e. The SMILES string of the molecule is O=C(O)c1ccc2nc(-c3csc(Cl)c3)cn2c1. The average molecular weight is 279 g/mol. The van der Waals surface area contributed by atoms with Crippen LogP contribution < -0.4 is 0 Å². The van der Waals surface area contributed by atoms with Crippen LogP contribution in [0.25, 0.3) is 16.9 Å². The van der Waals surface area contributed by atoms with E-state index in [0.29, 0.717) is 9.98 Å². The van der Waals surface area contributed by atoms with Gasteiger partial charge in [0.05, 0.1) is 15.6 Å². The Morgan fingerprint density at radius 3 is 2.89 bits per heavy atom. The lowest BCUT2D eigenvalue weighted by Crippen LogP contribution is -1.97. The molecule has 3 heterocycles. The zero-order valence-electron chi connectivity index (χ0n) is 9.00. The summed E-state index contributed by atoms with van der Waals surface area (Å²) in [5.41, 5.74) is 2.65. The van der Waals surface area contributed by atoms with Crippen molar-refractivity contribution in [1.82, 2.24) is 9.38 Å². The number of hydrogen-bond acceptors (Lipinski definition) is 3. The number of carboxylic acid groups (broad SMARTS) is 1. The Morgan fingerprint density at radius 2 is 2.22 bits per heavy atom. The number of hydrogen-bond donors (Lipinski definition) is 1. The standard InChI is InChI=1S/C12H7ClN2O2S/c13-10-3-8(6-18-10)9-5-15-4-7(12(16)17)1-2-11(15)14-9/h1-6H,(H,16,17). The number of imidazole rings is 1. The Morgan fingerprint density at radius 1 is 1.39 bits per heavy atom. The summed E-state index contributed by atoms with van der Waals surface area (Å²) in [5, 5.41) is 10.8. The monoisotopic (exact) mass is 278 g/mol. The molecule has 0 fully saturated rings. The van der Waals surface area contributed by atoms with Gasteiger partial charge < -0.3 is 9.51 Å². The van der Waals surface area contributed by atoms with Gasteiger partial charge in [0.25, 0.3) is 0 Å². The zero-order chi connectivity index (χ0) is 12.7. The minimum absolute atomic E-state index is 0.231. The first-order valence-corrected chi connectivity index (χ1v) is 6.36. The van der Waals surface area contributed by atoms with Gasteiger partial charge in [0.15, 0.2) is 0 Å². The van der Waals surface area contributed by atoms with E-state index in [1.807, 2.05) is 11.4 Å². The number of fused-ring (bicyclic) bond motifs is 1. The summed E-state index contributed by atoms with van der Waals surface area (Å²) >= 11 is 7.32. The van der Waals surface area contributed by atoms with Gasteiger partial charge in [-0.1, -0.05) is 11.6 Å². The van der Waals surface area contributed by atoms with E-state index in [0.717, 1.165) is 11.3 Å². The molecule has 0 aromatic carbocycles. The molecule has 0 atom stereocenters. The van der Waals surface area contributed by atoms with Gasteiger partial charge in [-0.15, -0.1) is 11.3 Å². The topological polar surface area (TPSA) is 54.6 Å². The number of aromatic nitrogens is 2. The van der Waals surface area contributed by atoms with Crippen molar-refractivity contribution in [2.75, 3.05) is 0 Å². The molecule has 0 aliphatic carbocycles. The minimum Gasteiger partial charge on any atom is -0.478 e. The van der Waals surface area contributed by atoms with Crippen molar-refractivity contribution < 1.29 is 9.90 Å². The van der Waals surface area contributed by atoms with Gasteiger partial charge in [-0.25, -0.2) is 9.78 Å². The number of carbonyl (C=O) groups is 1. The van der Waals surface area contributed by atoms with Gasteiger partial charge in [0, 0.05) is 23.3 Å². The molecule has 6 heteroatoms. The third-order valence-electron chi connectivity index (χ3n) is 2.56. The van der Waals surface area contributed by atoms with Gasteiger partial charge in [0.1, 0.15) is 5.65 Å². The number of aromatic carboxylic acids is 1. The van der Waals surface area contributed by atoms with E-state index in [1.54, 1.807) is 22.9 Å². The number of nitrogens with zero attached hydrogens (tertiary/aromatic N) is 2. The van der Waals surface area contributed by atoms with Crippen molar-refractivity contribution in [2.24, 2.45) is 0 Å². The summed E-state index contributed by atoms with van der Waals surface area (Å²) in [6.45, 7) is 0. The summed E-state index contributed by atoms with van der Waals surface area (Å²) in [6.07, 6.45) is 3.34. The van der Waals surface area contributed by atoms with E-state index in [1.165, 1.54) is 17.4 Å². The molecule has 1 N–H and O–H groups in total. The van der Waals surface area contributed by atoms with Crippen LogP contribution >= 0.6 is 22.9 Å². The molecule has 0 amide bonds. The maximum absolute atomic E-state index is 10.9. The van der Waals surface area contributed by atoms with Gasteiger partial charge >= 0.3 is 5.97 Å². The normalized spacial score (nSPS) is 10.9. The second kappa shape index (κ2) is 4.12. The first kappa shape index (κ1) is 11.3. The lowest BCUT2D eigenvalue weighted by molar-refractivity contribution is 0.0696. The van der Waals surface area contributed by atoms with Crippen LogP contribution in [-0.2, 0) is 0 Å². The summed E-state index contributed by atoms with van der Waals surface area (Å²) in [6, 6.07) is 5.06. The predicted molar refractivity (Wildman–Crippen MR) is 70.5 cm³/mol. The Bertz CT molecular complexity index is 747. The number of thiophene rings is 1. The van der Waals surface area contributed by atoms with E-state index in [2.05, 4.69) is 4.98 Å². The van der Waals surface area contributed by atoms with E-state index < -0.39 is 5.97 Å². The zero-order valence-corrected chi connectivity index (χ0v) is 10.6. The second-order valence-electron chi connectivity index (χ2n) is 3.75. The Labute approximate surface area is 111 Å². The second-order valence-corrected chi connectivity index (χ2v) is 5.30. The highest BCUT2D eigenvalue weighted by Gasteiger charge is 2.08. The number of carboxylic acids is 1. The molecular formula is C12H7ClN2O2S. The maximum Gasteiger partial charge on any atom is 0.337 e. The lowest BCUT2D eigenvalue weighted by atomic mass is 10.3. The minimum atomic E-state index is -0.953. The van der Waals surface area contributed by atoms with Crippen LogP contribution in [0.4, 0.5) is 0 Å². The summed E-state index contributed by atoms with van der Waals surface area (Å²) in [7, 11) is 0. The number of halogens is 1. The van der Waals surface area contributed by atoms with Gasteiger partial charge in [-0.3, -0.25) is 0 Å². The third-order valence-corrected chi connectivity index (χ3v) is 3.65. The molecule has 0 spiro atoms. The van der Waals surface area contributed by atoms with E-state index >= 15 is 0 Å². The van der Waals surface area contributed by atoms with Crippen molar-refractivity contribution in [3.63, 3.8) is 0 Å². The molecule has 0 aliphatic rings. The molecule has 0 aliphatic heterocycles. The smallest absolute Gasteiger partial charge is 0.337 e. The van der Waals surface area contributed by atoms with Crippen LogP contribution in [0.5, 0.6) is 0 Å². The van der Waals surface area contributed by atoms with Crippen molar-refractivity contribution in [1.29, 1.82) is 0 Å². The van der Waals surface area contributed by atoms with Gasteiger partial charge in [-0.05, 0) is 18.2 Å². The molecular weight excluding hydrogens is 272 g/mol. The Balaban J connectivity index is 2.13. The van der Waals surface area contributed by atoms with Crippen LogP contribution in [0, 0.1) is 0 Å². The molecule has 0 saturated heterocycles. The van der Waals surface area contributed by atoms with Crippen molar-refractivity contribution >= 4 is 34.6 Å². The van der Waals surface area contributed by atoms with Crippen LogP contribution in [-0.4, -0.2) is 20.5 Å². The quantitative estimate of drug-likeness (QED) is 0.781. The summed E-state index contributed by atoms with van der Waals surface area (Å²) in [4.78, 5) is 15.3. The van der Waals surface area contributed by atoms with Crippen LogP contribution in [0.3, 0.4) is 0 Å². The molecule has 0 bridgehead atoms. The molecule has 3 aromatic heterocycles. The lowest BCUT2D eigenvalue weighted by Gasteiger charge is -1.95. The van der Waals surface area contributed by atoms with Crippen LogP contribution in [0.2, 0.25) is 4.34 Å². The van der Waals surface area contributed by atoms with Crippen molar-refractivity contribution in [3.8, 4) is 11.3 Å². The predicted octanol–water partition coefficient (Wildman–Crippen LogP) is 3.41. The average Bonchev–Trinajstić information content (AvgIpc) is 2.93. The highest BCUT2D eigenvalue weighted by atomic mass is 35.5. The number of pyridine rings is 1. The van der Waals surface area contributed by atoms with E-state index in [4.69, 9.17) is 16.7 Å². The van der Waals surface area contributed by atoms with E-state index in [-0.39, 0.29) is 5.56 Å². The third kappa shape index (κ3) is 1.87. The summed E-state index contributed by atoms with van der Waals surface area (Å²) < 4.78 is 2.40. The fraction of sp³-hybridized carbons (Fsp3) is 0. The summed E-state index contributed by atoms with van der Waals surface area (Å²) in [5.74, 6) is -0.953. The molecule has 3 rings (SSSR count). The Hall–Kier alpha value is -1.85. The van der Waals surface area contributed by atoms with Crippen molar-refractivity contribution in [3.05, 3.63) is 45.9 Å². The first-order valence-electron chi connectivity index (χ1n) is 5.10. The molecule has 0 unspecified atom stereocenters. The fourth-order valence-electron chi connectivity index (χ4n) is 1.70. The Kier molecular flexibility index (Phi) is 2.57. The fourth-order valence-corrected chi connectivity index (χ4v) is 2.58. The molecule has 4 nitrogen and oxygen atoms in total.